The molecule has 6 heteroatoms. The summed E-state index contributed by atoms with van der Waals surface area (Å²) in [6, 6.07) is 4.89. The van der Waals surface area contributed by atoms with E-state index in [0.717, 1.165) is 0 Å². The summed E-state index contributed by atoms with van der Waals surface area (Å²) in [4.78, 5) is 12.1. The summed E-state index contributed by atoms with van der Waals surface area (Å²) in [5, 5.41) is 16.0. The lowest BCUT2D eigenvalue weighted by molar-refractivity contribution is 0.0924. The monoisotopic (exact) mass is 284 g/mol. The zero-order valence-corrected chi connectivity index (χ0v) is 11.4. The van der Waals surface area contributed by atoms with E-state index in [1.807, 2.05) is 0 Å². The maximum absolute atomic E-state index is 12.1. The lowest BCUT2D eigenvalue weighted by Gasteiger charge is -2.15. The van der Waals surface area contributed by atoms with Crippen LogP contribution < -0.4 is 15.4 Å². The normalized spacial score (nSPS) is 22.3. The van der Waals surface area contributed by atoms with E-state index >= 15 is 0 Å². The fourth-order valence-corrected chi connectivity index (χ4v) is 2.28. The van der Waals surface area contributed by atoms with Crippen LogP contribution in [0.3, 0.4) is 0 Å². The number of benzene rings is 1. The van der Waals surface area contributed by atoms with E-state index in [1.54, 1.807) is 18.2 Å². The molecule has 1 fully saturated rings. The highest BCUT2D eigenvalue weighted by Gasteiger charge is 2.25. The van der Waals surface area contributed by atoms with Gasteiger partial charge in [0, 0.05) is 30.6 Å². The molecule has 3 N–H and O–H groups in total. The standard InChI is InChI=1S/C13H17ClN2O3/c1-19-12-3-2-9(14)4-10(12)13(18)16-6-8-5-15-7-11(8)17/h2-4,8,11,15,17H,5-7H2,1H3,(H,16,18). The van der Waals surface area contributed by atoms with Gasteiger partial charge in [-0.2, -0.15) is 0 Å². The number of hydrogen-bond acceptors (Lipinski definition) is 4. The van der Waals surface area contributed by atoms with Crippen LogP contribution in [0, 0.1) is 5.92 Å². The number of halogens is 1. The van der Waals surface area contributed by atoms with Crippen molar-refractivity contribution in [3.8, 4) is 5.75 Å². The summed E-state index contributed by atoms with van der Waals surface area (Å²) in [7, 11) is 1.50. The van der Waals surface area contributed by atoms with Crippen molar-refractivity contribution in [2.75, 3.05) is 26.7 Å². The number of amides is 1. The number of aliphatic hydroxyl groups is 1. The predicted molar refractivity (Wildman–Crippen MR) is 72.7 cm³/mol. The molecule has 0 spiro atoms. The van der Waals surface area contributed by atoms with Crippen LogP contribution in [0.1, 0.15) is 10.4 Å². The van der Waals surface area contributed by atoms with Crippen molar-refractivity contribution >= 4 is 17.5 Å². The lowest BCUT2D eigenvalue weighted by atomic mass is 10.1. The lowest BCUT2D eigenvalue weighted by Crippen LogP contribution is -2.34. The van der Waals surface area contributed by atoms with Crippen LogP contribution in [0.5, 0.6) is 5.75 Å². The van der Waals surface area contributed by atoms with Crippen molar-refractivity contribution in [2.45, 2.75) is 6.10 Å². The fraction of sp³-hybridized carbons (Fsp3) is 0.462. The molecule has 1 aliphatic rings. The van der Waals surface area contributed by atoms with E-state index in [2.05, 4.69) is 10.6 Å². The molecule has 104 valence electrons. The van der Waals surface area contributed by atoms with Crippen LogP contribution in [0.15, 0.2) is 18.2 Å². The molecule has 1 amide bonds. The van der Waals surface area contributed by atoms with Gasteiger partial charge in [0.15, 0.2) is 0 Å². The van der Waals surface area contributed by atoms with Gasteiger partial charge in [0.05, 0.1) is 18.8 Å². The summed E-state index contributed by atoms with van der Waals surface area (Å²) >= 11 is 5.88. The SMILES string of the molecule is COc1ccc(Cl)cc1C(=O)NCC1CNCC1O. The van der Waals surface area contributed by atoms with Crippen molar-refractivity contribution in [1.82, 2.24) is 10.6 Å². The molecule has 2 rings (SSSR count). The average molecular weight is 285 g/mol. The van der Waals surface area contributed by atoms with Crippen LogP contribution in [-0.4, -0.2) is 43.9 Å². The van der Waals surface area contributed by atoms with Gasteiger partial charge in [-0.1, -0.05) is 11.6 Å². The summed E-state index contributed by atoms with van der Waals surface area (Å²) < 4.78 is 5.13. The summed E-state index contributed by atoms with van der Waals surface area (Å²) in [6.07, 6.45) is -0.415. The molecule has 19 heavy (non-hydrogen) atoms. The molecule has 0 aromatic heterocycles. The highest BCUT2D eigenvalue weighted by molar-refractivity contribution is 6.31. The van der Waals surface area contributed by atoms with E-state index < -0.39 is 6.10 Å². The number of rotatable bonds is 4. The van der Waals surface area contributed by atoms with Crippen molar-refractivity contribution < 1.29 is 14.6 Å². The number of carbonyl (C=O) groups excluding carboxylic acids is 1. The molecule has 1 saturated heterocycles. The van der Waals surface area contributed by atoms with Gasteiger partial charge in [-0.3, -0.25) is 4.79 Å². The maximum atomic E-state index is 12.1. The first-order chi connectivity index (χ1) is 9.11. The molecule has 0 saturated carbocycles. The van der Waals surface area contributed by atoms with Gasteiger partial charge in [0.25, 0.3) is 5.91 Å². The average Bonchev–Trinajstić information content (AvgIpc) is 2.81. The molecule has 2 unspecified atom stereocenters. The van der Waals surface area contributed by atoms with Crippen molar-refractivity contribution in [3.63, 3.8) is 0 Å². The number of aliphatic hydroxyl groups excluding tert-OH is 1. The topological polar surface area (TPSA) is 70.6 Å². The summed E-state index contributed by atoms with van der Waals surface area (Å²) in [5.41, 5.74) is 0.399. The molecule has 0 aliphatic carbocycles. The molecule has 1 aromatic rings. The Morgan fingerprint density at radius 2 is 2.37 bits per heavy atom. The third kappa shape index (κ3) is 3.37. The molecule has 0 bridgehead atoms. The van der Waals surface area contributed by atoms with Crippen LogP contribution in [0.2, 0.25) is 5.02 Å². The minimum atomic E-state index is -0.415. The molecule has 1 heterocycles. The molecule has 2 atom stereocenters. The van der Waals surface area contributed by atoms with E-state index in [0.29, 0.717) is 36.0 Å². The second kappa shape index (κ2) is 6.23. The first kappa shape index (κ1) is 14.1. The Hall–Kier alpha value is -1.30. The van der Waals surface area contributed by atoms with Gasteiger partial charge in [-0.05, 0) is 18.2 Å². The van der Waals surface area contributed by atoms with Gasteiger partial charge in [-0.15, -0.1) is 0 Å². The van der Waals surface area contributed by atoms with Gasteiger partial charge in [0.1, 0.15) is 5.75 Å². The molecule has 0 radical (unpaired) electrons. The number of methoxy groups -OCH3 is 1. The van der Waals surface area contributed by atoms with Gasteiger partial charge in [0.2, 0.25) is 0 Å². The van der Waals surface area contributed by atoms with E-state index in [9.17, 15) is 9.90 Å². The molecular formula is C13H17ClN2O3. The highest BCUT2D eigenvalue weighted by atomic mass is 35.5. The van der Waals surface area contributed by atoms with Crippen molar-refractivity contribution in [3.05, 3.63) is 28.8 Å². The molecular weight excluding hydrogens is 268 g/mol. The second-order valence-electron chi connectivity index (χ2n) is 4.54. The zero-order chi connectivity index (χ0) is 13.8. The number of hydrogen-bond donors (Lipinski definition) is 3. The van der Waals surface area contributed by atoms with Gasteiger partial charge < -0.3 is 20.5 Å². The number of nitrogens with one attached hydrogen (secondary N) is 2. The largest absolute Gasteiger partial charge is 0.496 e. The minimum absolute atomic E-state index is 0.0362. The molecule has 1 aliphatic heterocycles. The Bertz CT molecular complexity index is 467. The molecule has 5 nitrogen and oxygen atoms in total. The van der Waals surface area contributed by atoms with E-state index in [1.165, 1.54) is 7.11 Å². The van der Waals surface area contributed by atoms with Crippen LogP contribution in [0.4, 0.5) is 0 Å². The maximum Gasteiger partial charge on any atom is 0.255 e. The third-order valence-corrected chi connectivity index (χ3v) is 3.47. The fourth-order valence-electron chi connectivity index (χ4n) is 2.10. The van der Waals surface area contributed by atoms with Crippen molar-refractivity contribution in [2.24, 2.45) is 5.92 Å². The third-order valence-electron chi connectivity index (χ3n) is 3.24. The highest BCUT2D eigenvalue weighted by Crippen LogP contribution is 2.22. The number of ether oxygens (including phenoxy) is 1. The van der Waals surface area contributed by atoms with Crippen LogP contribution in [0.25, 0.3) is 0 Å². The molecule has 1 aromatic carbocycles. The minimum Gasteiger partial charge on any atom is -0.496 e. The van der Waals surface area contributed by atoms with E-state index in [4.69, 9.17) is 16.3 Å². The Labute approximate surface area is 116 Å². The smallest absolute Gasteiger partial charge is 0.255 e. The first-order valence-electron chi connectivity index (χ1n) is 6.12. The quantitative estimate of drug-likeness (QED) is 0.760. The van der Waals surface area contributed by atoms with Crippen LogP contribution in [-0.2, 0) is 0 Å². The Morgan fingerprint density at radius 1 is 1.58 bits per heavy atom. The van der Waals surface area contributed by atoms with Crippen LogP contribution >= 0.6 is 11.6 Å². The Kier molecular flexibility index (Phi) is 4.63. The van der Waals surface area contributed by atoms with Gasteiger partial charge >= 0.3 is 0 Å². The Balaban J connectivity index is 2.01. The van der Waals surface area contributed by atoms with Crippen molar-refractivity contribution in [1.29, 1.82) is 0 Å². The second-order valence-corrected chi connectivity index (χ2v) is 4.98. The number of β-amino-alcohol motifs (C(OH)–C–C–N with tert-alkyl or cyclic N) is 1. The number of carbonyl (C=O) groups is 1. The Morgan fingerprint density at radius 3 is 3.00 bits per heavy atom. The predicted octanol–water partition coefficient (Wildman–Crippen LogP) is 0.659. The first-order valence-corrected chi connectivity index (χ1v) is 6.50. The van der Waals surface area contributed by atoms with E-state index in [-0.39, 0.29) is 11.8 Å². The zero-order valence-electron chi connectivity index (χ0n) is 10.6. The van der Waals surface area contributed by atoms with Gasteiger partial charge in [-0.25, -0.2) is 0 Å². The summed E-state index contributed by atoms with van der Waals surface area (Å²) in [6.45, 7) is 1.69. The summed E-state index contributed by atoms with van der Waals surface area (Å²) in [5.74, 6) is 0.263.